The van der Waals surface area contributed by atoms with E-state index >= 15 is 14.4 Å². The van der Waals surface area contributed by atoms with Crippen LogP contribution in [0, 0.1) is 0 Å². The molecule has 616 valence electrons. The summed E-state index contributed by atoms with van der Waals surface area (Å²) < 4.78 is 0. The molecule has 0 fully saturated rings. The van der Waals surface area contributed by atoms with Crippen LogP contribution in [0.1, 0.15) is 81.0 Å². The molecule has 1 aromatic heterocycles. The minimum Gasteiger partial charge on any atom is -0.480 e. The van der Waals surface area contributed by atoms with Crippen molar-refractivity contribution in [3.63, 3.8) is 0 Å². The van der Waals surface area contributed by atoms with Crippen molar-refractivity contribution < 1.29 is 87.5 Å². The van der Waals surface area contributed by atoms with Crippen LogP contribution in [0.15, 0.2) is 121 Å². The van der Waals surface area contributed by atoms with E-state index in [-0.39, 0.29) is 82.6 Å². The maximum Gasteiger partial charge on any atom is 0.327 e. The first-order chi connectivity index (χ1) is 54.0. The van der Waals surface area contributed by atoms with Gasteiger partial charge in [0.05, 0.1) is 31.8 Å². The molecule has 14 atom stereocenters. The lowest BCUT2D eigenvalue weighted by molar-refractivity contribution is -0.142. The highest BCUT2D eigenvalue weighted by molar-refractivity contribution is 7.80. The zero-order valence-corrected chi connectivity index (χ0v) is 64.6. The summed E-state index contributed by atoms with van der Waals surface area (Å²) in [5.74, 6) is -15.1. The number of rotatable bonds is 51. The van der Waals surface area contributed by atoms with Gasteiger partial charge in [-0.15, -0.1) is 0 Å². The molecule has 36 nitrogen and oxygen atoms in total. The van der Waals surface area contributed by atoms with Crippen LogP contribution in [0.5, 0.6) is 0 Å². The summed E-state index contributed by atoms with van der Waals surface area (Å²) in [6.45, 7) is 1.91. The largest absolute Gasteiger partial charge is 0.480 e. The molecule has 113 heavy (non-hydrogen) atoms. The number of carboxylic acids is 1. The third-order valence-electron chi connectivity index (χ3n) is 17.9. The van der Waals surface area contributed by atoms with E-state index in [2.05, 4.69) is 99.4 Å². The maximum absolute atomic E-state index is 15.4. The Morgan fingerprint density at radius 3 is 1.18 bits per heavy atom. The maximum atomic E-state index is 15.4. The van der Waals surface area contributed by atoms with Crippen LogP contribution < -0.4 is 92.1 Å². The smallest absolute Gasteiger partial charge is 0.327 e. The fraction of sp³-hybridized carbons (Fsp3) is 0.467. The number of carbonyl (C=O) groups excluding carboxylic acids is 13. The molecule has 1 heterocycles. The van der Waals surface area contributed by atoms with E-state index in [0.29, 0.717) is 59.0 Å². The van der Waals surface area contributed by atoms with Crippen molar-refractivity contribution in [3.8, 4) is 0 Å². The van der Waals surface area contributed by atoms with Crippen LogP contribution in [-0.4, -0.2) is 244 Å². The fourth-order valence-electron chi connectivity index (χ4n) is 11.7. The minimum absolute atomic E-state index is 0.0279. The molecule has 5 rings (SSSR count). The van der Waals surface area contributed by atoms with Gasteiger partial charge in [-0.2, -0.15) is 25.3 Å². The van der Waals surface area contributed by atoms with Gasteiger partial charge in [-0.3, -0.25) is 62.3 Å². The lowest BCUT2D eigenvalue weighted by Gasteiger charge is -2.29. The third-order valence-corrected chi connectivity index (χ3v) is 18.6. The highest BCUT2D eigenvalue weighted by Gasteiger charge is 2.39. The van der Waals surface area contributed by atoms with Crippen molar-refractivity contribution in [2.75, 3.05) is 50.8 Å². The average Bonchev–Trinajstić information content (AvgIpc) is 1.72. The summed E-state index contributed by atoms with van der Waals surface area (Å²) in [4.78, 5) is 199. The number of primary amides is 1. The third kappa shape index (κ3) is 31.5. The van der Waals surface area contributed by atoms with Gasteiger partial charge in [0, 0.05) is 67.4 Å². The lowest BCUT2D eigenvalue weighted by Crippen LogP contribution is -2.63. The summed E-state index contributed by atoms with van der Waals surface area (Å²) in [5, 5.41) is 75.1. The zero-order valence-electron chi connectivity index (χ0n) is 62.8. The van der Waals surface area contributed by atoms with Gasteiger partial charge in [0.25, 0.3) is 0 Å². The quantitative estimate of drug-likeness (QED) is 0.0128. The van der Waals surface area contributed by atoms with Gasteiger partial charge in [0.15, 0.2) is 0 Å². The van der Waals surface area contributed by atoms with Crippen molar-refractivity contribution in [2.24, 2.45) is 22.9 Å². The second-order valence-corrected chi connectivity index (χ2v) is 27.6. The molecule has 0 aliphatic carbocycles. The van der Waals surface area contributed by atoms with Crippen LogP contribution in [-0.2, 0) is 92.8 Å². The summed E-state index contributed by atoms with van der Waals surface area (Å²) >= 11 is 8.12. The van der Waals surface area contributed by atoms with Crippen molar-refractivity contribution in [3.05, 3.63) is 144 Å². The standard InChI is InChI=1S/C75H106N18O18S2/c1-42(95)62(73(108)89-54(34-46-22-10-5-11-23-46)70(105)93-63(43(2)96)74(109)90-57(39-94)71(106)91-59(41-113)75(110)111)92-65(100)51(27-15-17-29-77)83-68(103)55(35-47-37-81-49-25-13-12-24-48(47)49)87-67(102)53(33-45-20-8-4-9-21-45)85-66(101)52(32-44-18-6-3-7-19-44)86-69(104)56(36-60(79)97)88-64(99)50(26-14-16-28-76)84-72(107)58(40-112)82-61(98)38-80-31-30-78/h3-13,18-25,37,42-43,50-59,62-63,80-81,94-96,112-113H,14-17,26-36,38-41,76-78H2,1-2H3,(H2,79,97)(H,82,98)(H,83,103)(H,84,107)(H,85,101)(H,86,104)(H,87,102)(H,88,99)(H,89,108)(H,90,109)(H,91,106)(H,92,100)(H,93,105)(H,110,111)/t42-,43-,50+,51+,52+,53+,54+,55+,56+,57+,58+,59+,62+,63+/m1/s1. The van der Waals surface area contributed by atoms with Gasteiger partial charge in [-0.25, -0.2) is 4.79 Å². The summed E-state index contributed by atoms with van der Waals surface area (Å²) in [6, 6.07) is 12.3. The summed E-state index contributed by atoms with van der Waals surface area (Å²) in [7, 11) is 0. The number of aliphatic hydroxyl groups excluding tert-OH is 3. The lowest BCUT2D eigenvalue weighted by atomic mass is 10.00. The first kappa shape index (κ1) is 93.0. The molecule has 4 aromatic carbocycles. The van der Waals surface area contributed by atoms with Gasteiger partial charge >= 0.3 is 5.97 Å². The second-order valence-electron chi connectivity index (χ2n) is 26.8. The van der Waals surface area contributed by atoms with Crippen molar-refractivity contribution in [1.29, 1.82) is 0 Å². The Bertz CT molecular complexity index is 3960. The number of nitrogens with two attached hydrogens (primary N) is 4. The number of thiol groups is 2. The first-order valence-corrected chi connectivity index (χ1v) is 38.1. The second kappa shape index (κ2) is 49.0. The van der Waals surface area contributed by atoms with Crippen molar-refractivity contribution >= 4 is 119 Å². The number of para-hydroxylation sites is 1. The topological polar surface area (TPSA) is 596 Å². The van der Waals surface area contributed by atoms with Gasteiger partial charge in [0.1, 0.15) is 72.5 Å². The van der Waals surface area contributed by atoms with Gasteiger partial charge < -0.3 is 117 Å². The van der Waals surface area contributed by atoms with Gasteiger partial charge in [-0.05, 0) is 93.8 Å². The van der Waals surface area contributed by atoms with Crippen LogP contribution in [0.25, 0.3) is 10.9 Å². The Balaban J connectivity index is 1.47. The number of hydrogen-bond acceptors (Lipinski definition) is 23. The number of hydrogen-bond donors (Lipinski definition) is 24. The monoisotopic (exact) mass is 1610 g/mol. The molecule has 26 N–H and O–H groups in total. The van der Waals surface area contributed by atoms with E-state index in [0.717, 1.165) is 13.8 Å². The molecule has 0 aliphatic rings. The number of nitrogens with one attached hydrogen (secondary N) is 14. The van der Waals surface area contributed by atoms with E-state index in [9.17, 15) is 73.2 Å². The molecule has 0 saturated heterocycles. The highest BCUT2D eigenvalue weighted by atomic mass is 32.1. The Morgan fingerprint density at radius 1 is 0.407 bits per heavy atom. The van der Waals surface area contributed by atoms with E-state index in [1.807, 2.05) is 0 Å². The van der Waals surface area contributed by atoms with Crippen LogP contribution >= 0.6 is 25.3 Å². The van der Waals surface area contributed by atoms with E-state index in [1.165, 1.54) is 0 Å². The predicted octanol–water partition coefficient (Wildman–Crippen LogP) is -5.36. The van der Waals surface area contributed by atoms with Crippen LogP contribution in [0.2, 0.25) is 0 Å². The minimum atomic E-state index is -1.90. The molecule has 0 bridgehead atoms. The summed E-state index contributed by atoms with van der Waals surface area (Å²) in [6.07, 6.45) is -2.74. The number of aliphatic carboxylic acids is 1. The number of carboxylic acid groups (broad SMARTS) is 1. The molecule has 0 saturated carbocycles. The number of H-pyrrole nitrogens is 1. The molecule has 0 radical (unpaired) electrons. The van der Waals surface area contributed by atoms with Gasteiger partial charge in [-0.1, -0.05) is 109 Å². The number of benzene rings is 4. The predicted molar refractivity (Wildman–Crippen MR) is 423 cm³/mol. The Kier molecular flexibility index (Phi) is 40.4. The van der Waals surface area contributed by atoms with Crippen molar-refractivity contribution in [2.45, 2.75) is 169 Å². The molecule has 0 spiro atoms. The van der Waals surface area contributed by atoms with E-state index < -0.39 is 181 Å². The van der Waals surface area contributed by atoms with Crippen LogP contribution in [0.3, 0.4) is 0 Å². The zero-order chi connectivity index (χ0) is 83.1. The molecule has 13 amide bonds. The number of aromatic nitrogens is 1. The Labute approximate surface area is 664 Å². The van der Waals surface area contributed by atoms with Gasteiger partial charge in [0.2, 0.25) is 76.8 Å². The SMILES string of the molecule is C[C@@H](O)[C@H](NC(=O)[C@H](Cc1ccccc1)NC(=O)[C@@H](NC(=O)[C@H](CCCCN)NC(=O)[C@H](Cc1c[nH]c2ccccc12)NC(=O)[C@H](Cc1ccccc1)NC(=O)[C@H](Cc1ccccc1)NC(=O)[C@H](CC(N)=O)NC(=O)[C@H](CCCCN)NC(=O)[C@H](CS)NC(=O)CNCCN)[C@@H](C)O)C(=O)N[C@@H](CO)C(=O)N[C@@H](CS)C(=O)O. The average molecular weight is 1610 g/mol. The number of amides is 13. The fourth-order valence-corrected chi connectivity index (χ4v) is 12.2. The van der Waals surface area contributed by atoms with E-state index in [4.69, 9.17) is 22.9 Å². The number of unbranched alkanes of at least 4 members (excludes halogenated alkanes) is 2. The Morgan fingerprint density at radius 2 is 0.761 bits per heavy atom. The molecule has 5 aromatic rings. The molecule has 0 unspecified atom stereocenters. The highest BCUT2D eigenvalue weighted by Crippen LogP contribution is 2.21. The molecule has 0 aliphatic heterocycles. The number of carbonyl (C=O) groups is 14. The van der Waals surface area contributed by atoms with Crippen LogP contribution in [0.4, 0.5) is 0 Å². The number of fused-ring (bicyclic) bond motifs is 1. The molecule has 38 heteroatoms. The summed E-state index contributed by atoms with van der Waals surface area (Å²) in [5.41, 5.74) is 25.4. The number of aromatic amines is 1. The molecular weight excluding hydrogens is 1510 g/mol. The normalized spacial score (nSPS) is 14.9. The first-order valence-electron chi connectivity index (χ1n) is 36.9. The van der Waals surface area contributed by atoms with Crippen molar-refractivity contribution in [1.82, 2.24) is 74.1 Å². The number of aliphatic hydroxyl groups is 3. The molecular formula is C75H106N18O18S2. The Hall–Kier alpha value is -10.6. The van der Waals surface area contributed by atoms with E-state index in [1.54, 1.807) is 121 Å².